The van der Waals surface area contributed by atoms with Gasteiger partial charge in [-0.1, -0.05) is 43.4 Å². The Morgan fingerprint density at radius 3 is 1.92 bits per heavy atom. The zero-order chi connectivity index (χ0) is 20.1. The summed E-state index contributed by atoms with van der Waals surface area (Å²) in [7, 11) is 1.06. The molecule has 0 radical (unpaired) electrons. The second kappa shape index (κ2) is 7.57. The number of hydrogen-bond donors (Lipinski definition) is 0. The summed E-state index contributed by atoms with van der Waals surface area (Å²) >= 11 is 2.27. The topological polar surface area (TPSA) is 18.5 Å². The van der Waals surface area contributed by atoms with E-state index in [1.54, 1.807) is 0 Å². The first-order chi connectivity index (χ1) is 11.7. The Morgan fingerprint density at radius 1 is 1.04 bits per heavy atom. The van der Waals surface area contributed by atoms with Crippen molar-refractivity contribution < 1.29 is 35.8 Å². The summed E-state index contributed by atoms with van der Waals surface area (Å²) < 4.78 is 92.6. The van der Waals surface area contributed by atoms with Gasteiger partial charge in [0.25, 0.3) is 5.60 Å². The fourth-order valence-corrected chi connectivity index (χ4v) is 5.72. The Kier molecular flexibility index (Phi) is 6.56. The quantitative estimate of drug-likeness (QED) is 0.193. The van der Waals surface area contributed by atoms with Gasteiger partial charge in [0.05, 0.1) is 0 Å². The third kappa shape index (κ3) is 3.86. The van der Waals surface area contributed by atoms with Crippen molar-refractivity contribution in [1.29, 1.82) is 0 Å². The van der Waals surface area contributed by atoms with E-state index in [0.29, 0.717) is 16.8 Å². The third-order valence-electron chi connectivity index (χ3n) is 5.97. The molecule has 0 saturated heterocycles. The fourth-order valence-electron chi connectivity index (χ4n) is 4.60. The van der Waals surface area contributed by atoms with Crippen molar-refractivity contribution in [2.75, 3.05) is 7.11 Å². The highest BCUT2D eigenvalue weighted by Gasteiger charge is 2.74. The van der Waals surface area contributed by atoms with E-state index in [9.17, 15) is 26.3 Å². The molecule has 0 aromatic heterocycles. The number of methoxy groups -OCH3 is 1. The molecule has 0 aromatic rings. The number of hydrogen-bond acceptors (Lipinski definition) is 2. The molecule has 0 aromatic carbocycles. The van der Waals surface area contributed by atoms with Crippen molar-refractivity contribution in [3.8, 4) is 0 Å². The molecule has 6 atom stereocenters. The average Bonchev–Trinajstić information content (AvgIpc) is 3.00. The number of halogens is 7. The molecule has 2 rings (SSSR count). The van der Waals surface area contributed by atoms with Crippen LogP contribution >= 0.6 is 22.6 Å². The molecule has 0 spiro atoms. The van der Waals surface area contributed by atoms with Crippen molar-refractivity contribution in [2.45, 2.75) is 68.2 Å². The van der Waals surface area contributed by atoms with Gasteiger partial charge in [-0.2, -0.15) is 26.3 Å². The molecule has 26 heavy (non-hydrogen) atoms. The van der Waals surface area contributed by atoms with Crippen LogP contribution in [0.3, 0.4) is 0 Å². The number of rotatable bonds is 6. The molecule has 2 aliphatic carbocycles. The standard InChI is InChI=1S/C17H25F6IO2/c1-8(2)14(25-4)26-15(16(18,19)20,17(21,22)23)7-11-5-10-6-12(11)9(3)13(10)24/h8-14H,5-7H2,1-4H3. The molecule has 9 heteroatoms. The van der Waals surface area contributed by atoms with Crippen LogP contribution in [0.25, 0.3) is 0 Å². The summed E-state index contributed by atoms with van der Waals surface area (Å²) in [4.78, 5) is 0. The zero-order valence-corrected chi connectivity index (χ0v) is 17.3. The maximum Gasteiger partial charge on any atom is 0.426 e. The lowest BCUT2D eigenvalue weighted by molar-refractivity contribution is -0.416. The molecular weight excluding hydrogens is 477 g/mol. The van der Waals surface area contributed by atoms with Crippen LogP contribution in [0, 0.1) is 29.6 Å². The van der Waals surface area contributed by atoms with Crippen LogP contribution in [0.2, 0.25) is 0 Å². The van der Waals surface area contributed by atoms with Crippen molar-refractivity contribution >= 4 is 22.6 Å². The van der Waals surface area contributed by atoms with E-state index in [1.165, 1.54) is 13.8 Å². The minimum atomic E-state index is -5.58. The van der Waals surface area contributed by atoms with Gasteiger partial charge in [0, 0.05) is 17.0 Å². The molecule has 2 fully saturated rings. The second-order valence-electron chi connectivity index (χ2n) is 7.95. The fraction of sp³-hybridized carbons (Fsp3) is 1.00. The van der Waals surface area contributed by atoms with E-state index in [1.807, 2.05) is 6.92 Å². The zero-order valence-electron chi connectivity index (χ0n) is 15.1. The molecular formula is C17H25F6IO2. The maximum atomic E-state index is 13.8. The van der Waals surface area contributed by atoms with Crippen LogP contribution in [-0.2, 0) is 9.47 Å². The predicted molar refractivity (Wildman–Crippen MR) is 92.9 cm³/mol. The molecule has 6 unspecified atom stereocenters. The maximum absolute atomic E-state index is 13.8. The average molecular weight is 502 g/mol. The van der Waals surface area contributed by atoms with Crippen LogP contribution in [0.1, 0.15) is 40.0 Å². The van der Waals surface area contributed by atoms with Crippen LogP contribution in [0.15, 0.2) is 0 Å². The highest BCUT2D eigenvalue weighted by atomic mass is 127. The van der Waals surface area contributed by atoms with Gasteiger partial charge in [-0.25, -0.2) is 0 Å². The summed E-state index contributed by atoms with van der Waals surface area (Å²) in [6, 6.07) is 0. The Hall–Kier alpha value is 0.230. The van der Waals surface area contributed by atoms with Gasteiger partial charge in [0.1, 0.15) is 0 Å². The first-order valence-corrected chi connectivity index (χ1v) is 9.98. The molecule has 0 aliphatic heterocycles. The summed E-state index contributed by atoms with van der Waals surface area (Å²) in [5.41, 5.74) is -4.21. The minimum absolute atomic E-state index is 0.113. The highest BCUT2D eigenvalue weighted by molar-refractivity contribution is 14.1. The Morgan fingerprint density at radius 2 is 1.58 bits per heavy atom. The summed E-state index contributed by atoms with van der Waals surface area (Å²) in [5, 5.41) is 0. The third-order valence-corrected chi connectivity index (χ3v) is 8.12. The molecule has 0 amide bonds. The Balaban J connectivity index is 2.37. The molecule has 2 saturated carbocycles. The normalized spacial score (nSPS) is 33.9. The Labute approximate surface area is 163 Å². The van der Waals surface area contributed by atoms with Crippen molar-refractivity contribution in [3.05, 3.63) is 0 Å². The number of ether oxygens (including phenoxy) is 2. The minimum Gasteiger partial charge on any atom is -0.356 e. The number of alkyl halides is 7. The largest absolute Gasteiger partial charge is 0.426 e. The summed E-state index contributed by atoms with van der Waals surface area (Å²) in [6.45, 7) is 4.85. The summed E-state index contributed by atoms with van der Waals surface area (Å²) in [6.07, 6.45) is -12.8. The smallest absolute Gasteiger partial charge is 0.356 e. The van der Waals surface area contributed by atoms with Gasteiger partial charge >= 0.3 is 12.4 Å². The van der Waals surface area contributed by atoms with E-state index < -0.39 is 42.5 Å². The first-order valence-electron chi connectivity index (χ1n) is 8.73. The SMILES string of the molecule is COC(OC(CC1CC2CC1C(C)C2I)(C(F)(F)F)C(F)(F)F)C(C)C. The molecule has 0 heterocycles. The van der Waals surface area contributed by atoms with Crippen molar-refractivity contribution in [3.63, 3.8) is 0 Å². The van der Waals surface area contributed by atoms with Crippen LogP contribution in [0.5, 0.6) is 0 Å². The number of fused-ring (bicyclic) bond motifs is 2. The van der Waals surface area contributed by atoms with Gasteiger partial charge in [-0.15, -0.1) is 0 Å². The highest BCUT2D eigenvalue weighted by Crippen LogP contribution is 2.60. The van der Waals surface area contributed by atoms with Gasteiger partial charge in [0.15, 0.2) is 6.29 Å². The van der Waals surface area contributed by atoms with Crippen molar-refractivity contribution in [1.82, 2.24) is 0 Å². The van der Waals surface area contributed by atoms with Gasteiger partial charge in [-0.05, 0) is 42.9 Å². The van der Waals surface area contributed by atoms with Gasteiger partial charge < -0.3 is 9.47 Å². The van der Waals surface area contributed by atoms with Gasteiger partial charge in [0.2, 0.25) is 0 Å². The molecule has 2 aliphatic rings. The van der Waals surface area contributed by atoms with Crippen LogP contribution in [-0.4, -0.2) is 35.3 Å². The molecule has 0 N–H and O–H groups in total. The predicted octanol–water partition coefficient (Wildman–Crippen LogP) is 5.98. The van der Waals surface area contributed by atoms with E-state index in [4.69, 9.17) is 9.47 Å². The molecule has 154 valence electrons. The van der Waals surface area contributed by atoms with E-state index >= 15 is 0 Å². The lowest BCUT2D eigenvalue weighted by Gasteiger charge is -2.43. The van der Waals surface area contributed by atoms with Crippen LogP contribution < -0.4 is 0 Å². The van der Waals surface area contributed by atoms with Gasteiger partial charge in [-0.3, -0.25) is 0 Å². The molecule has 2 bridgehead atoms. The first kappa shape index (κ1) is 22.5. The van der Waals surface area contributed by atoms with E-state index in [0.717, 1.165) is 7.11 Å². The van der Waals surface area contributed by atoms with Crippen molar-refractivity contribution in [2.24, 2.45) is 29.6 Å². The second-order valence-corrected chi connectivity index (χ2v) is 9.39. The molecule has 2 nitrogen and oxygen atoms in total. The van der Waals surface area contributed by atoms with E-state index in [-0.39, 0.29) is 17.8 Å². The van der Waals surface area contributed by atoms with E-state index in [2.05, 4.69) is 22.6 Å². The Bertz CT molecular complexity index is 477. The summed E-state index contributed by atoms with van der Waals surface area (Å²) in [5.74, 6) is -1.14. The van der Waals surface area contributed by atoms with Crippen LogP contribution in [0.4, 0.5) is 26.3 Å². The monoisotopic (exact) mass is 502 g/mol. The lowest BCUT2D eigenvalue weighted by atomic mass is 9.75. The lowest BCUT2D eigenvalue weighted by Crippen LogP contribution is -2.62.